The molecule has 0 saturated carbocycles. The Morgan fingerprint density at radius 2 is 1.82 bits per heavy atom. The third kappa shape index (κ3) is 5.27. The molecule has 0 bridgehead atoms. The monoisotopic (exact) mass is 685 g/mol. The van der Waals surface area contributed by atoms with Crippen molar-refractivity contribution in [3.63, 3.8) is 0 Å². The summed E-state index contributed by atoms with van der Waals surface area (Å²) in [5, 5.41) is 3.17. The lowest BCUT2D eigenvalue weighted by atomic mass is 10.2. The maximum atomic E-state index is 5.30. The van der Waals surface area contributed by atoms with Crippen molar-refractivity contribution in [1.29, 1.82) is 0 Å². The first-order chi connectivity index (χ1) is 10.1. The van der Waals surface area contributed by atoms with Gasteiger partial charge in [0.1, 0.15) is 17.4 Å². The fourth-order valence-corrected chi connectivity index (χ4v) is 2.70. The van der Waals surface area contributed by atoms with E-state index < -0.39 is 4.29 Å². The molecule has 0 saturated heterocycles. The number of hydrogen-bond acceptors (Lipinski definition) is 4. The maximum Gasteiger partial charge on any atom is 0.194 e. The molecule has 0 unspecified atom stereocenters. The van der Waals surface area contributed by atoms with Crippen molar-refractivity contribution in [3.8, 4) is 0 Å². The number of nitrogens with one attached hydrogen (secondary N) is 1. The maximum absolute atomic E-state index is 5.30. The van der Waals surface area contributed by atoms with Crippen LogP contribution in [0.25, 0.3) is 0 Å². The number of aliphatic imine (C=N–C) groups is 2. The van der Waals surface area contributed by atoms with Crippen LogP contribution in [0.1, 0.15) is 11.3 Å². The van der Waals surface area contributed by atoms with Gasteiger partial charge < -0.3 is 9.73 Å². The lowest BCUT2D eigenvalue weighted by molar-refractivity contribution is 0.531. The Hall–Kier alpha value is 1.04. The first-order valence-electron chi connectivity index (χ1n) is 5.89. The number of rotatable bonds is 2. The number of halogens is 6. The van der Waals surface area contributed by atoms with Crippen LogP contribution < -0.4 is 5.32 Å². The average molecular weight is 691 g/mol. The molecule has 1 aliphatic heterocycles. The fourth-order valence-electron chi connectivity index (χ4n) is 1.61. The van der Waals surface area contributed by atoms with Gasteiger partial charge in [-0.05, 0) is 31.1 Å². The van der Waals surface area contributed by atoms with E-state index >= 15 is 0 Å². The number of allylic oxidation sites excluding steroid dienone is 1. The standard InChI is InChI=1S/C12H9Br6N3O/c1-6-7(4-5-22-6)2-3-8-19-9(11(13,14)15)21-10(20-8)12(16,17)18/h3-5H,2H2,1H3,(H,19,20,21). The van der Waals surface area contributed by atoms with Gasteiger partial charge in [0, 0.05) is 0 Å². The molecule has 0 radical (unpaired) electrons. The van der Waals surface area contributed by atoms with Gasteiger partial charge in [0.25, 0.3) is 0 Å². The van der Waals surface area contributed by atoms with Gasteiger partial charge in [-0.25, -0.2) is 9.98 Å². The van der Waals surface area contributed by atoms with Crippen LogP contribution in [-0.4, -0.2) is 16.0 Å². The minimum absolute atomic E-state index is 0.527. The smallest absolute Gasteiger partial charge is 0.194 e. The van der Waals surface area contributed by atoms with E-state index in [1.165, 1.54) is 0 Å². The van der Waals surface area contributed by atoms with Gasteiger partial charge in [0.05, 0.1) is 6.26 Å². The number of nitrogens with zero attached hydrogens (tertiary/aromatic N) is 2. The Morgan fingerprint density at radius 1 is 1.14 bits per heavy atom. The van der Waals surface area contributed by atoms with E-state index in [-0.39, 0.29) is 0 Å². The molecule has 4 nitrogen and oxygen atoms in total. The van der Waals surface area contributed by atoms with Crippen molar-refractivity contribution in [2.45, 2.75) is 17.6 Å². The molecule has 2 rings (SSSR count). The van der Waals surface area contributed by atoms with Gasteiger partial charge in [0.15, 0.2) is 10.1 Å². The topological polar surface area (TPSA) is 49.9 Å². The molecule has 2 heterocycles. The molecule has 1 aromatic heterocycles. The highest BCUT2D eigenvalue weighted by molar-refractivity contribution is 9.40. The van der Waals surface area contributed by atoms with Crippen molar-refractivity contribution >= 4 is 107 Å². The Balaban J connectivity index is 2.31. The Kier molecular flexibility index (Phi) is 6.61. The third-order valence-corrected chi connectivity index (χ3v) is 4.88. The molecule has 0 aromatic carbocycles. The fraction of sp³-hybridized carbons (Fsp3) is 0.333. The van der Waals surface area contributed by atoms with Crippen molar-refractivity contribution in [2.75, 3.05) is 0 Å². The van der Waals surface area contributed by atoms with Gasteiger partial charge in [-0.1, -0.05) is 95.6 Å². The highest BCUT2D eigenvalue weighted by Crippen LogP contribution is 2.40. The van der Waals surface area contributed by atoms with Crippen LogP contribution in [-0.2, 0) is 6.42 Å². The highest BCUT2D eigenvalue weighted by atomic mass is 80.0. The second-order valence-corrected chi connectivity index (χ2v) is 17.8. The summed E-state index contributed by atoms with van der Waals surface area (Å²) in [6.45, 7) is 1.94. The van der Waals surface area contributed by atoms with Gasteiger partial charge in [-0.2, -0.15) is 0 Å². The van der Waals surface area contributed by atoms with Gasteiger partial charge >= 0.3 is 0 Å². The van der Waals surface area contributed by atoms with Crippen LogP contribution in [0.15, 0.2) is 38.6 Å². The van der Waals surface area contributed by atoms with E-state index in [0.29, 0.717) is 23.9 Å². The predicted molar refractivity (Wildman–Crippen MR) is 112 cm³/mol. The molecule has 0 spiro atoms. The van der Waals surface area contributed by atoms with E-state index in [4.69, 9.17) is 4.42 Å². The van der Waals surface area contributed by atoms with Gasteiger partial charge in [0.2, 0.25) is 0 Å². The molecule has 0 fully saturated rings. The summed E-state index contributed by atoms with van der Waals surface area (Å²) >= 11 is 20.7. The van der Waals surface area contributed by atoms with Crippen LogP contribution in [0.3, 0.4) is 0 Å². The number of alkyl halides is 6. The number of furan rings is 1. The van der Waals surface area contributed by atoms with Crippen LogP contribution in [0.5, 0.6) is 0 Å². The SMILES string of the molecule is Cc1occc1CC=C1N=C(C(Br)(Br)Br)N=C(C(Br)(Br)Br)N1. The predicted octanol–water partition coefficient (Wildman–Crippen LogP) is 6.05. The zero-order valence-corrected chi connectivity index (χ0v) is 20.5. The number of hydrogen-bond donors (Lipinski definition) is 1. The summed E-state index contributed by atoms with van der Waals surface area (Å²) in [6, 6.07) is 1.95. The van der Waals surface area contributed by atoms with Crippen molar-refractivity contribution < 1.29 is 4.42 Å². The van der Waals surface area contributed by atoms with E-state index in [0.717, 1.165) is 11.3 Å². The van der Waals surface area contributed by atoms with Crippen LogP contribution in [0.4, 0.5) is 0 Å². The van der Waals surface area contributed by atoms with Crippen molar-refractivity contribution in [3.05, 3.63) is 35.6 Å². The van der Waals surface area contributed by atoms with Gasteiger partial charge in [-0.15, -0.1) is 0 Å². The van der Waals surface area contributed by atoms with Crippen molar-refractivity contribution in [1.82, 2.24) is 5.32 Å². The summed E-state index contributed by atoms with van der Waals surface area (Å²) in [6.07, 6.45) is 4.36. The zero-order chi connectivity index (χ0) is 16.5. The van der Waals surface area contributed by atoms with E-state index in [2.05, 4.69) is 111 Å². The second kappa shape index (κ2) is 7.51. The molecule has 1 aliphatic rings. The molecular weight excluding hydrogens is 682 g/mol. The molecule has 0 aliphatic carbocycles. The highest BCUT2D eigenvalue weighted by Gasteiger charge is 2.34. The summed E-state index contributed by atoms with van der Waals surface area (Å²) in [4.78, 5) is 8.94. The molecular formula is C12H9Br6N3O. The van der Waals surface area contributed by atoms with Crippen LogP contribution in [0.2, 0.25) is 0 Å². The Morgan fingerprint density at radius 3 is 2.32 bits per heavy atom. The number of amidine groups is 2. The molecule has 0 atom stereocenters. The first kappa shape index (κ1) is 19.4. The lowest BCUT2D eigenvalue weighted by Crippen LogP contribution is -2.38. The minimum Gasteiger partial charge on any atom is -0.469 e. The minimum atomic E-state index is -0.705. The summed E-state index contributed by atoms with van der Waals surface area (Å²) in [5.41, 5.74) is 1.11. The Labute approximate surface area is 178 Å². The van der Waals surface area contributed by atoms with E-state index in [1.54, 1.807) is 6.26 Å². The average Bonchev–Trinajstić information content (AvgIpc) is 2.79. The lowest BCUT2D eigenvalue weighted by Gasteiger charge is -2.24. The second-order valence-electron chi connectivity index (χ2n) is 4.31. The summed E-state index contributed by atoms with van der Waals surface area (Å²) in [7, 11) is 0. The Bertz CT molecular complexity index is 651. The van der Waals surface area contributed by atoms with E-state index in [1.807, 2.05) is 19.1 Å². The third-order valence-electron chi connectivity index (χ3n) is 2.69. The normalized spacial score (nSPS) is 18.0. The molecule has 22 heavy (non-hydrogen) atoms. The quantitative estimate of drug-likeness (QED) is 0.385. The van der Waals surface area contributed by atoms with Crippen LogP contribution in [0, 0.1) is 6.92 Å². The molecule has 10 heteroatoms. The molecule has 0 amide bonds. The van der Waals surface area contributed by atoms with Crippen molar-refractivity contribution in [2.24, 2.45) is 9.98 Å². The summed E-state index contributed by atoms with van der Waals surface area (Å²) < 4.78 is 3.93. The molecule has 120 valence electrons. The van der Waals surface area contributed by atoms with Crippen LogP contribution >= 0.6 is 95.6 Å². The largest absolute Gasteiger partial charge is 0.469 e. The number of aryl methyl sites for hydroxylation is 1. The summed E-state index contributed by atoms with van der Waals surface area (Å²) in [5.74, 6) is 2.73. The molecule has 1 aromatic rings. The molecule has 1 N–H and O–H groups in total. The zero-order valence-electron chi connectivity index (χ0n) is 11.0. The van der Waals surface area contributed by atoms with E-state index in [9.17, 15) is 0 Å². The first-order valence-corrected chi connectivity index (χ1v) is 10.6. The van der Waals surface area contributed by atoms with Gasteiger partial charge in [-0.3, -0.25) is 0 Å².